The summed E-state index contributed by atoms with van der Waals surface area (Å²) in [5, 5.41) is 11.3. The number of ether oxygens (including phenoxy) is 1. The van der Waals surface area contributed by atoms with Crippen molar-refractivity contribution < 1.29 is 19.4 Å². The molecule has 1 fully saturated rings. The van der Waals surface area contributed by atoms with E-state index in [2.05, 4.69) is 0 Å². The summed E-state index contributed by atoms with van der Waals surface area (Å²) in [7, 11) is 0. The molecule has 0 bridgehead atoms. The molecule has 0 N–H and O–H groups in total. The number of carboxylic acids is 1. The van der Waals surface area contributed by atoms with Crippen LogP contribution in [0.15, 0.2) is 12.2 Å². The maximum absolute atomic E-state index is 12.1. The Morgan fingerprint density at radius 2 is 1.90 bits per heavy atom. The minimum atomic E-state index is -1.03. The normalized spacial score (nSPS) is 32.9. The predicted octanol–water partition coefficient (Wildman–Crippen LogP) is 1.04. The van der Waals surface area contributed by atoms with Crippen LogP contribution in [0.3, 0.4) is 0 Å². The number of hydrogen-bond acceptors (Lipinski definition) is 4. The van der Waals surface area contributed by atoms with E-state index in [1.54, 1.807) is 4.90 Å². The van der Waals surface area contributed by atoms with E-state index < -0.39 is 17.5 Å². The van der Waals surface area contributed by atoms with Crippen LogP contribution in [0.5, 0.6) is 0 Å². The number of likely N-dealkylation sites (tertiary alicyclic amines) is 1. The third-order valence-electron chi connectivity index (χ3n) is 4.03. The minimum absolute atomic E-state index is 0.0557. The van der Waals surface area contributed by atoms with E-state index in [1.807, 2.05) is 39.8 Å². The molecule has 2 rings (SSSR count). The maximum atomic E-state index is 12.1. The molecule has 1 aliphatic carbocycles. The fourth-order valence-electron chi connectivity index (χ4n) is 3.13. The molecule has 2 aliphatic rings. The van der Waals surface area contributed by atoms with E-state index in [-0.39, 0.29) is 23.8 Å². The van der Waals surface area contributed by atoms with Crippen LogP contribution in [0.4, 0.5) is 4.79 Å². The smallest absolute Gasteiger partial charge is 0.410 e. The van der Waals surface area contributed by atoms with Crippen LogP contribution >= 0.6 is 0 Å². The molecule has 4 unspecified atom stereocenters. The summed E-state index contributed by atoms with van der Waals surface area (Å²) in [5.74, 6) is -1.60. The Balaban J connectivity index is 2.09. The number of allylic oxidation sites excluding steroid dienone is 1. The first-order valence-corrected chi connectivity index (χ1v) is 7.06. The number of carbonyl (C=O) groups excluding carboxylic acids is 2. The van der Waals surface area contributed by atoms with Gasteiger partial charge in [-0.15, -0.1) is 0 Å². The van der Waals surface area contributed by atoms with Gasteiger partial charge in [0.05, 0.1) is 0 Å². The van der Waals surface area contributed by atoms with Crippen molar-refractivity contribution in [2.75, 3.05) is 13.1 Å². The molecule has 1 saturated heterocycles. The zero-order valence-corrected chi connectivity index (χ0v) is 12.5. The second-order valence-corrected chi connectivity index (χ2v) is 6.80. The van der Waals surface area contributed by atoms with Gasteiger partial charge in [0.15, 0.2) is 0 Å². The number of carboxylic acid groups (broad SMARTS) is 1. The van der Waals surface area contributed by atoms with Crippen LogP contribution in [0.2, 0.25) is 0 Å². The number of carbonyl (C=O) groups is 2. The standard InChI is InChI=1S/C15H23NO4/c1-9-5-6-10-7-16(14(19)20-15(2,3)4)8-11(10)12(9)13(17)18/h5-6,9-12H,7-8H2,1-4H3,(H,17,18)/p-1. The summed E-state index contributed by atoms with van der Waals surface area (Å²) < 4.78 is 5.35. The lowest BCUT2D eigenvalue weighted by atomic mass is 9.73. The Morgan fingerprint density at radius 3 is 2.45 bits per heavy atom. The third kappa shape index (κ3) is 2.97. The number of rotatable bonds is 1. The highest BCUT2D eigenvalue weighted by Gasteiger charge is 2.43. The first kappa shape index (κ1) is 14.9. The Bertz CT molecular complexity index is 438. The molecule has 0 aromatic carbocycles. The average Bonchev–Trinajstić information content (AvgIpc) is 2.69. The molecule has 5 nitrogen and oxygen atoms in total. The summed E-state index contributed by atoms with van der Waals surface area (Å²) in [5.41, 5.74) is -0.540. The molecule has 20 heavy (non-hydrogen) atoms. The minimum Gasteiger partial charge on any atom is -0.550 e. The molecule has 1 aliphatic heterocycles. The van der Waals surface area contributed by atoms with Gasteiger partial charge in [-0.25, -0.2) is 4.79 Å². The monoisotopic (exact) mass is 280 g/mol. The number of fused-ring (bicyclic) bond motifs is 1. The number of aliphatic carboxylic acids is 1. The lowest BCUT2D eigenvalue weighted by Crippen LogP contribution is -2.43. The van der Waals surface area contributed by atoms with E-state index in [0.29, 0.717) is 13.1 Å². The van der Waals surface area contributed by atoms with Gasteiger partial charge in [-0.1, -0.05) is 19.1 Å². The molecule has 112 valence electrons. The van der Waals surface area contributed by atoms with Crippen LogP contribution in [0, 0.1) is 23.7 Å². The van der Waals surface area contributed by atoms with Crippen molar-refractivity contribution in [2.24, 2.45) is 23.7 Å². The average molecular weight is 280 g/mol. The Morgan fingerprint density at radius 1 is 1.25 bits per heavy atom. The van der Waals surface area contributed by atoms with Crippen molar-refractivity contribution in [3.8, 4) is 0 Å². The maximum Gasteiger partial charge on any atom is 0.410 e. The second kappa shape index (κ2) is 5.11. The van der Waals surface area contributed by atoms with Gasteiger partial charge in [0.2, 0.25) is 0 Å². The molecular formula is C15H22NO4-. The molecule has 0 aromatic rings. The van der Waals surface area contributed by atoms with Gasteiger partial charge in [-0.05, 0) is 38.5 Å². The Hall–Kier alpha value is -1.52. The quantitative estimate of drug-likeness (QED) is 0.673. The van der Waals surface area contributed by atoms with Crippen molar-refractivity contribution in [1.82, 2.24) is 4.90 Å². The van der Waals surface area contributed by atoms with E-state index in [0.717, 1.165) is 0 Å². The van der Waals surface area contributed by atoms with Crippen molar-refractivity contribution in [2.45, 2.75) is 33.3 Å². The zero-order valence-electron chi connectivity index (χ0n) is 12.5. The van der Waals surface area contributed by atoms with Crippen molar-refractivity contribution in [1.29, 1.82) is 0 Å². The van der Waals surface area contributed by atoms with Gasteiger partial charge >= 0.3 is 6.09 Å². The predicted molar refractivity (Wildman–Crippen MR) is 71.6 cm³/mol. The first-order valence-electron chi connectivity index (χ1n) is 7.06. The van der Waals surface area contributed by atoms with Gasteiger partial charge < -0.3 is 19.5 Å². The van der Waals surface area contributed by atoms with Gasteiger partial charge in [0.1, 0.15) is 5.60 Å². The summed E-state index contributed by atoms with van der Waals surface area (Å²) in [6.45, 7) is 8.28. The molecule has 1 heterocycles. The molecular weight excluding hydrogens is 258 g/mol. The zero-order chi connectivity index (χ0) is 15.1. The Labute approximate surface area is 119 Å². The highest BCUT2D eigenvalue weighted by Crippen LogP contribution is 2.39. The third-order valence-corrected chi connectivity index (χ3v) is 4.03. The molecule has 0 radical (unpaired) electrons. The van der Waals surface area contributed by atoms with Crippen LogP contribution in [-0.2, 0) is 9.53 Å². The topological polar surface area (TPSA) is 69.7 Å². The number of amides is 1. The number of nitrogens with zero attached hydrogens (tertiary/aromatic N) is 1. The van der Waals surface area contributed by atoms with Crippen LogP contribution < -0.4 is 5.11 Å². The van der Waals surface area contributed by atoms with Crippen molar-refractivity contribution in [3.05, 3.63) is 12.2 Å². The lowest BCUT2D eigenvalue weighted by Gasteiger charge is -2.34. The number of hydrogen-bond donors (Lipinski definition) is 0. The molecule has 5 heteroatoms. The van der Waals surface area contributed by atoms with Crippen LogP contribution in [-0.4, -0.2) is 35.7 Å². The Kier molecular flexibility index (Phi) is 3.80. The fourth-order valence-corrected chi connectivity index (χ4v) is 3.13. The lowest BCUT2D eigenvalue weighted by molar-refractivity contribution is -0.315. The van der Waals surface area contributed by atoms with E-state index in [4.69, 9.17) is 4.74 Å². The largest absolute Gasteiger partial charge is 0.550 e. The van der Waals surface area contributed by atoms with Gasteiger partial charge in [-0.2, -0.15) is 0 Å². The van der Waals surface area contributed by atoms with E-state index in [1.165, 1.54) is 0 Å². The van der Waals surface area contributed by atoms with Crippen molar-refractivity contribution >= 4 is 12.1 Å². The first-order chi connectivity index (χ1) is 9.19. The molecule has 1 amide bonds. The highest BCUT2D eigenvalue weighted by atomic mass is 16.6. The summed E-state index contributed by atoms with van der Waals surface area (Å²) >= 11 is 0. The summed E-state index contributed by atoms with van der Waals surface area (Å²) in [4.78, 5) is 25.0. The van der Waals surface area contributed by atoms with Gasteiger partial charge in [0.25, 0.3) is 0 Å². The molecule has 0 saturated carbocycles. The van der Waals surface area contributed by atoms with Crippen LogP contribution in [0.1, 0.15) is 27.7 Å². The van der Waals surface area contributed by atoms with E-state index in [9.17, 15) is 14.7 Å². The van der Waals surface area contributed by atoms with Crippen molar-refractivity contribution in [3.63, 3.8) is 0 Å². The molecule has 4 atom stereocenters. The fraction of sp³-hybridized carbons (Fsp3) is 0.733. The molecule has 0 spiro atoms. The van der Waals surface area contributed by atoms with E-state index >= 15 is 0 Å². The second-order valence-electron chi connectivity index (χ2n) is 6.80. The SMILES string of the molecule is CC1C=CC2CN(C(=O)OC(C)(C)C)CC2C1C(=O)[O-]. The molecule has 0 aromatic heterocycles. The summed E-state index contributed by atoms with van der Waals surface area (Å²) in [6, 6.07) is 0. The van der Waals surface area contributed by atoms with Crippen LogP contribution in [0.25, 0.3) is 0 Å². The summed E-state index contributed by atoms with van der Waals surface area (Å²) in [6.07, 6.45) is 3.57. The van der Waals surface area contributed by atoms with Gasteiger partial charge in [0, 0.05) is 25.0 Å². The van der Waals surface area contributed by atoms with Gasteiger partial charge in [-0.3, -0.25) is 0 Å². The highest BCUT2D eigenvalue weighted by molar-refractivity contribution is 5.71.